The lowest BCUT2D eigenvalue weighted by atomic mass is 9.75. The Kier molecular flexibility index (Phi) is 6.00. The molecule has 186 valence electrons. The highest BCUT2D eigenvalue weighted by Gasteiger charge is 2.51. The van der Waals surface area contributed by atoms with Gasteiger partial charge in [0.2, 0.25) is 11.8 Å². The lowest BCUT2D eigenvalue weighted by Gasteiger charge is -2.50. The predicted octanol–water partition coefficient (Wildman–Crippen LogP) is 2.67. The minimum atomic E-state index is -0.472. The van der Waals surface area contributed by atoms with E-state index in [0.717, 1.165) is 30.4 Å². The number of piperidine rings is 1. The molecule has 0 bridgehead atoms. The van der Waals surface area contributed by atoms with Crippen molar-refractivity contribution in [2.24, 2.45) is 5.41 Å². The molecule has 0 aromatic carbocycles. The molecule has 0 saturated carbocycles. The Morgan fingerprint density at radius 3 is 2.58 bits per heavy atom. The lowest BCUT2D eigenvalue weighted by Crippen LogP contribution is -2.65. The third-order valence-electron chi connectivity index (χ3n) is 7.58. The van der Waals surface area contributed by atoms with Crippen molar-refractivity contribution >= 4 is 17.3 Å². The summed E-state index contributed by atoms with van der Waals surface area (Å²) in [6.07, 6.45) is 10.9. The number of nitriles is 1. The van der Waals surface area contributed by atoms with Crippen LogP contribution in [0.15, 0.2) is 43.5 Å². The van der Waals surface area contributed by atoms with Crippen molar-refractivity contribution in [3.63, 3.8) is 0 Å². The van der Waals surface area contributed by atoms with Crippen molar-refractivity contribution in [1.29, 1.82) is 5.26 Å². The summed E-state index contributed by atoms with van der Waals surface area (Å²) < 4.78 is 9.15. The van der Waals surface area contributed by atoms with Crippen molar-refractivity contribution in [1.82, 2.24) is 29.2 Å². The van der Waals surface area contributed by atoms with E-state index in [9.17, 15) is 14.9 Å². The van der Waals surface area contributed by atoms with Gasteiger partial charge in [-0.2, -0.15) is 15.5 Å². The average Bonchev–Trinajstić information content (AvgIpc) is 3.55. The van der Waals surface area contributed by atoms with Gasteiger partial charge in [-0.05, 0) is 31.4 Å². The molecular weight excluding hydrogens is 458 g/mol. The van der Waals surface area contributed by atoms with Crippen LogP contribution in [0.1, 0.15) is 37.8 Å². The summed E-state index contributed by atoms with van der Waals surface area (Å²) in [7, 11) is 1.58. The number of nitrogens with zero attached hydrogens (tertiary/aromatic N) is 7. The van der Waals surface area contributed by atoms with Crippen LogP contribution in [-0.4, -0.2) is 74.3 Å². The van der Waals surface area contributed by atoms with Crippen LogP contribution in [0.3, 0.4) is 0 Å². The number of aromatic nitrogens is 4. The van der Waals surface area contributed by atoms with Crippen molar-refractivity contribution in [2.45, 2.75) is 32.2 Å². The monoisotopic (exact) mass is 487 g/mol. The lowest BCUT2D eigenvalue weighted by molar-refractivity contribution is -0.160. The van der Waals surface area contributed by atoms with Crippen molar-refractivity contribution in [2.75, 3.05) is 33.3 Å². The Morgan fingerprint density at radius 1 is 1.19 bits per heavy atom. The van der Waals surface area contributed by atoms with E-state index in [-0.39, 0.29) is 17.9 Å². The number of fused-ring (bicyclic) bond motifs is 1. The fourth-order valence-electron chi connectivity index (χ4n) is 5.31. The Labute approximate surface area is 209 Å². The maximum atomic E-state index is 13.3. The second kappa shape index (κ2) is 9.15. The zero-order valence-electron chi connectivity index (χ0n) is 20.6. The molecule has 10 nitrogen and oxygen atoms in total. The van der Waals surface area contributed by atoms with Crippen molar-refractivity contribution in [3.8, 4) is 22.9 Å². The van der Waals surface area contributed by atoms with Gasteiger partial charge in [0.05, 0.1) is 31.0 Å². The van der Waals surface area contributed by atoms with E-state index in [1.165, 1.54) is 12.3 Å². The van der Waals surface area contributed by atoms with Crippen LogP contribution in [0.2, 0.25) is 0 Å². The van der Waals surface area contributed by atoms with E-state index in [4.69, 9.17) is 4.74 Å². The van der Waals surface area contributed by atoms with Crippen LogP contribution in [0, 0.1) is 16.7 Å². The first-order valence-electron chi connectivity index (χ1n) is 12.1. The molecule has 0 N–H and O–H groups in total. The number of ether oxygens (including phenoxy) is 1. The summed E-state index contributed by atoms with van der Waals surface area (Å²) in [6.45, 7) is 7.82. The van der Waals surface area contributed by atoms with Crippen LogP contribution >= 0.6 is 0 Å². The van der Waals surface area contributed by atoms with Gasteiger partial charge in [0.1, 0.15) is 22.9 Å². The van der Waals surface area contributed by atoms with Crippen LogP contribution in [-0.2, 0) is 9.59 Å². The van der Waals surface area contributed by atoms with Gasteiger partial charge in [-0.25, -0.2) is 4.52 Å². The molecule has 2 aliphatic heterocycles. The standard InChI is InChI=1S/C26H29N7O3/c1-4-23(34)31-16-26(5-2,17-31)25(35)30-8-6-21(7-9-30)32-15-20(13-28-32)18-10-22(36-3)24-19(11-27)12-29-33(24)14-18/h4,10,12-15,21H,1,5-9,16-17H2,2-3H3. The zero-order chi connectivity index (χ0) is 25.4. The molecule has 5 heterocycles. The first kappa shape index (κ1) is 23.6. The fraction of sp³-hybridized carbons (Fsp3) is 0.423. The van der Waals surface area contributed by atoms with Gasteiger partial charge >= 0.3 is 0 Å². The Balaban J connectivity index is 1.26. The summed E-state index contributed by atoms with van der Waals surface area (Å²) in [4.78, 5) is 28.8. The molecule has 0 atom stereocenters. The smallest absolute Gasteiger partial charge is 0.246 e. The fourth-order valence-corrected chi connectivity index (χ4v) is 5.31. The Bertz CT molecular complexity index is 1370. The largest absolute Gasteiger partial charge is 0.494 e. The summed E-state index contributed by atoms with van der Waals surface area (Å²) in [5.74, 6) is 0.610. The van der Waals surface area contributed by atoms with Crippen LogP contribution in [0.25, 0.3) is 16.6 Å². The summed E-state index contributed by atoms with van der Waals surface area (Å²) in [6, 6.07) is 4.23. The number of pyridine rings is 1. The van der Waals surface area contributed by atoms with E-state index in [1.807, 2.05) is 41.2 Å². The highest BCUT2D eigenvalue weighted by molar-refractivity contribution is 5.92. The number of rotatable bonds is 6. The highest BCUT2D eigenvalue weighted by Crippen LogP contribution is 2.38. The molecule has 3 aromatic heterocycles. The molecular formula is C26H29N7O3. The van der Waals surface area contributed by atoms with Gasteiger partial charge < -0.3 is 14.5 Å². The number of likely N-dealkylation sites (tertiary alicyclic amines) is 2. The molecule has 5 rings (SSSR count). The molecule has 2 fully saturated rings. The zero-order valence-corrected chi connectivity index (χ0v) is 20.6. The summed E-state index contributed by atoms with van der Waals surface area (Å²) >= 11 is 0. The molecule has 10 heteroatoms. The van der Waals surface area contributed by atoms with Crippen LogP contribution in [0.4, 0.5) is 0 Å². The first-order chi connectivity index (χ1) is 17.4. The summed E-state index contributed by atoms with van der Waals surface area (Å²) in [5, 5.41) is 18.2. The SMILES string of the molecule is C=CC(=O)N1CC(CC)(C(=O)N2CCC(n3cc(-c4cc(OC)c5c(C#N)cnn5c4)cn3)CC2)C1. The number of amides is 2. The number of carbonyl (C=O) groups is 2. The Hall–Kier alpha value is -4.13. The number of carbonyl (C=O) groups excluding carboxylic acids is 2. The molecule has 36 heavy (non-hydrogen) atoms. The Morgan fingerprint density at radius 2 is 1.94 bits per heavy atom. The molecule has 2 aliphatic rings. The highest BCUT2D eigenvalue weighted by atomic mass is 16.5. The predicted molar refractivity (Wildman–Crippen MR) is 132 cm³/mol. The van der Waals surface area contributed by atoms with Crippen molar-refractivity contribution in [3.05, 3.63) is 49.1 Å². The van der Waals surface area contributed by atoms with Crippen molar-refractivity contribution < 1.29 is 14.3 Å². The average molecular weight is 488 g/mol. The van der Waals surface area contributed by atoms with Crippen LogP contribution in [0.5, 0.6) is 5.75 Å². The molecule has 0 aliphatic carbocycles. The minimum absolute atomic E-state index is 0.116. The second-order valence-electron chi connectivity index (χ2n) is 9.53. The topological polar surface area (TPSA) is 109 Å². The number of hydrogen-bond donors (Lipinski definition) is 0. The van der Waals surface area contributed by atoms with Gasteiger partial charge in [-0.3, -0.25) is 14.3 Å². The van der Waals surface area contributed by atoms with Crippen LogP contribution < -0.4 is 4.74 Å². The molecule has 0 spiro atoms. The second-order valence-corrected chi connectivity index (χ2v) is 9.53. The molecule has 2 amide bonds. The van der Waals surface area contributed by atoms with E-state index in [0.29, 0.717) is 43.0 Å². The molecule has 3 aromatic rings. The number of methoxy groups -OCH3 is 1. The number of hydrogen-bond acceptors (Lipinski definition) is 6. The normalized spacial score (nSPS) is 17.5. The third kappa shape index (κ3) is 3.81. The molecule has 0 unspecified atom stereocenters. The van der Waals surface area contributed by atoms with Gasteiger partial charge in [0.15, 0.2) is 0 Å². The molecule has 2 saturated heterocycles. The van der Waals surface area contributed by atoms with E-state index in [2.05, 4.69) is 22.8 Å². The maximum Gasteiger partial charge on any atom is 0.246 e. The van der Waals surface area contributed by atoms with E-state index < -0.39 is 5.41 Å². The molecule has 0 radical (unpaired) electrons. The minimum Gasteiger partial charge on any atom is -0.494 e. The first-order valence-corrected chi connectivity index (χ1v) is 12.1. The quantitative estimate of drug-likeness (QED) is 0.495. The van der Waals surface area contributed by atoms with Gasteiger partial charge in [0.25, 0.3) is 0 Å². The third-order valence-corrected chi connectivity index (χ3v) is 7.58. The van der Waals surface area contributed by atoms with Gasteiger partial charge in [-0.15, -0.1) is 0 Å². The van der Waals surface area contributed by atoms with E-state index in [1.54, 1.807) is 16.5 Å². The summed E-state index contributed by atoms with van der Waals surface area (Å²) in [5.41, 5.74) is 2.44. The van der Waals surface area contributed by atoms with Gasteiger partial charge in [-0.1, -0.05) is 13.5 Å². The van der Waals surface area contributed by atoms with E-state index >= 15 is 0 Å². The maximum absolute atomic E-state index is 13.3. The van der Waals surface area contributed by atoms with Gasteiger partial charge in [0, 0.05) is 49.7 Å².